The van der Waals surface area contributed by atoms with Crippen LogP contribution >= 0.6 is 23.1 Å². The Morgan fingerprint density at radius 2 is 2.14 bits per heavy atom. The molecule has 1 unspecified atom stereocenters. The molecule has 0 fully saturated rings. The van der Waals surface area contributed by atoms with Crippen LogP contribution in [0, 0.1) is 0 Å². The van der Waals surface area contributed by atoms with Crippen molar-refractivity contribution in [3.8, 4) is 5.75 Å². The predicted octanol–water partition coefficient (Wildman–Crippen LogP) is 3.05. The molecule has 1 amide bonds. The molecule has 0 saturated heterocycles. The molecule has 3 rings (SSSR count). The number of thiophene rings is 1. The molecule has 1 aromatic heterocycles. The first-order valence-corrected chi connectivity index (χ1v) is 9.12. The molecule has 2 heterocycles. The molecule has 6 heteroatoms. The number of hydrogen-bond acceptors (Lipinski definition) is 5. The summed E-state index contributed by atoms with van der Waals surface area (Å²) < 4.78 is 5.43. The summed E-state index contributed by atoms with van der Waals surface area (Å²) in [6, 6.07) is 9.46. The van der Waals surface area contributed by atoms with Gasteiger partial charge in [0, 0.05) is 17.1 Å². The van der Waals surface area contributed by atoms with Gasteiger partial charge in [0.25, 0.3) is 0 Å². The van der Waals surface area contributed by atoms with Gasteiger partial charge < -0.3 is 15.8 Å². The van der Waals surface area contributed by atoms with Crippen molar-refractivity contribution in [2.24, 2.45) is 5.73 Å². The standard InChI is InChI=1S/C16H18N2O2S2/c17-7-8-20-12-3-1-11(2-4-12)18-16(19)15-13-5-9-21-14(13)6-10-22-15/h1-5,9,15H,6-8,10,17H2,(H,18,19). The molecule has 1 aliphatic heterocycles. The topological polar surface area (TPSA) is 64.3 Å². The molecule has 0 bridgehead atoms. The van der Waals surface area contributed by atoms with Crippen LogP contribution in [-0.2, 0) is 11.2 Å². The number of amides is 1. The Kier molecular flexibility index (Phi) is 5.02. The van der Waals surface area contributed by atoms with Gasteiger partial charge in [-0.2, -0.15) is 0 Å². The van der Waals surface area contributed by atoms with Gasteiger partial charge in [-0.05, 0) is 53.4 Å². The van der Waals surface area contributed by atoms with E-state index < -0.39 is 0 Å². The Balaban J connectivity index is 1.65. The van der Waals surface area contributed by atoms with Crippen LogP contribution in [0.25, 0.3) is 0 Å². The number of fused-ring (bicyclic) bond motifs is 1. The molecular weight excluding hydrogens is 316 g/mol. The molecule has 22 heavy (non-hydrogen) atoms. The van der Waals surface area contributed by atoms with E-state index in [4.69, 9.17) is 10.5 Å². The third-order valence-corrected chi connectivity index (χ3v) is 5.66. The van der Waals surface area contributed by atoms with Gasteiger partial charge in [-0.1, -0.05) is 0 Å². The van der Waals surface area contributed by atoms with Crippen LogP contribution in [-0.4, -0.2) is 24.8 Å². The maximum Gasteiger partial charge on any atom is 0.242 e. The minimum absolute atomic E-state index is 0.0416. The minimum atomic E-state index is -0.108. The first kappa shape index (κ1) is 15.4. The van der Waals surface area contributed by atoms with Crippen LogP contribution in [0.1, 0.15) is 15.7 Å². The highest BCUT2D eigenvalue weighted by molar-refractivity contribution is 8.00. The zero-order valence-electron chi connectivity index (χ0n) is 12.1. The Hall–Kier alpha value is -1.50. The summed E-state index contributed by atoms with van der Waals surface area (Å²) in [6.45, 7) is 0.978. The van der Waals surface area contributed by atoms with E-state index in [9.17, 15) is 4.79 Å². The molecule has 2 aromatic rings. The van der Waals surface area contributed by atoms with Gasteiger partial charge in [-0.3, -0.25) is 4.79 Å². The molecule has 0 radical (unpaired) electrons. The van der Waals surface area contributed by atoms with E-state index in [0.29, 0.717) is 13.2 Å². The van der Waals surface area contributed by atoms with Crippen molar-refractivity contribution in [3.63, 3.8) is 0 Å². The van der Waals surface area contributed by atoms with E-state index >= 15 is 0 Å². The average Bonchev–Trinajstić information content (AvgIpc) is 3.02. The molecule has 4 nitrogen and oxygen atoms in total. The molecule has 1 aromatic carbocycles. The fraction of sp³-hybridized carbons (Fsp3) is 0.312. The Labute approximate surface area is 138 Å². The van der Waals surface area contributed by atoms with E-state index in [2.05, 4.69) is 16.8 Å². The van der Waals surface area contributed by atoms with E-state index in [1.54, 1.807) is 23.1 Å². The summed E-state index contributed by atoms with van der Waals surface area (Å²) >= 11 is 3.45. The smallest absolute Gasteiger partial charge is 0.242 e. The van der Waals surface area contributed by atoms with Gasteiger partial charge in [0.15, 0.2) is 0 Å². The fourth-order valence-electron chi connectivity index (χ4n) is 2.38. The third-order valence-electron chi connectivity index (χ3n) is 3.42. The van der Waals surface area contributed by atoms with Crippen molar-refractivity contribution in [1.29, 1.82) is 0 Å². The maximum absolute atomic E-state index is 12.5. The maximum atomic E-state index is 12.5. The highest BCUT2D eigenvalue weighted by Crippen LogP contribution is 2.39. The lowest BCUT2D eigenvalue weighted by Crippen LogP contribution is -2.22. The number of thioether (sulfide) groups is 1. The first-order valence-electron chi connectivity index (χ1n) is 7.19. The molecule has 1 atom stereocenters. The summed E-state index contributed by atoms with van der Waals surface area (Å²) in [5, 5.41) is 4.95. The zero-order chi connectivity index (χ0) is 15.4. The number of carbonyl (C=O) groups excluding carboxylic acids is 1. The van der Waals surface area contributed by atoms with Gasteiger partial charge in [-0.25, -0.2) is 0 Å². The molecule has 3 N–H and O–H groups in total. The van der Waals surface area contributed by atoms with Gasteiger partial charge in [0.2, 0.25) is 5.91 Å². The van der Waals surface area contributed by atoms with Crippen molar-refractivity contribution in [3.05, 3.63) is 46.2 Å². The third kappa shape index (κ3) is 3.45. The van der Waals surface area contributed by atoms with Gasteiger partial charge in [0.1, 0.15) is 17.6 Å². The summed E-state index contributed by atoms with van der Waals surface area (Å²) in [7, 11) is 0. The predicted molar refractivity (Wildman–Crippen MR) is 92.8 cm³/mol. The second-order valence-corrected chi connectivity index (χ2v) is 7.16. The zero-order valence-corrected chi connectivity index (χ0v) is 13.7. The number of aryl methyl sites for hydroxylation is 1. The summed E-state index contributed by atoms with van der Waals surface area (Å²) in [5.74, 6) is 1.80. The number of hydrogen-bond donors (Lipinski definition) is 2. The number of nitrogens with two attached hydrogens (primary N) is 1. The number of anilines is 1. The quantitative estimate of drug-likeness (QED) is 0.882. The molecule has 0 saturated carbocycles. The Morgan fingerprint density at radius 3 is 2.91 bits per heavy atom. The molecule has 1 aliphatic rings. The average molecular weight is 334 g/mol. The lowest BCUT2D eigenvalue weighted by molar-refractivity contribution is -0.115. The molecule has 0 aliphatic carbocycles. The second kappa shape index (κ2) is 7.17. The van der Waals surface area contributed by atoms with Crippen LogP contribution < -0.4 is 15.8 Å². The minimum Gasteiger partial charge on any atom is -0.492 e. The number of rotatable bonds is 5. The molecular formula is C16H18N2O2S2. The monoisotopic (exact) mass is 334 g/mol. The van der Waals surface area contributed by atoms with Crippen molar-refractivity contribution < 1.29 is 9.53 Å². The van der Waals surface area contributed by atoms with E-state index in [-0.39, 0.29) is 11.2 Å². The van der Waals surface area contributed by atoms with Crippen LogP contribution in [0.5, 0.6) is 5.75 Å². The van der Waals surface area contributed by atoms with Crippen molar-refractivity contribution >= 4 is 34.7 Å². The Bertz CT molecular complexity index is 640. The summed E-state index contributed by atoms with van der Waals surface area (Å²) in [4.78, 5) is 13.8. The number of nitrogens with one attached hydrogen (secondary N) is 1. The van der Waals surface area contributed by atoms with Gasteiger partial charge in [-0.15, -0.1) is 23.1 Å². The Morgan fingerprint density at radius 1 is 1.32 bits per heavy atom. The normalized spacial score (nSPS) is 16.9. The van der Waals surface area contributed by atoms with Crippen LogP contribution in [0.3, 0.4) is 0 Å². The number of benzene rings is 1. The van der Waals surface area contributed by atoms with Crippen molar-refractivity contribution in [2.45, 2.75) is 11.7 Å². The van der Waals surface area contributed by atoms with Crippen molar-refractivity contribution in [2.75, 3.05) is 24.2 Å². The molecule has 116 valence electrons. The summed E-state index contributed by atoms with van der Waals surface area (Å²) in [6.07, 6.45) is 1.06. The van der Waals surface area contributed by atoms with Crippen LogP contribution in [0.2, 0.25) is 0 Å². The highest BCUT2D eigenvalue weighted by atomic mass is 32.2. The van der Waals surface area contributed by atoms with Crippen LogP contribution in [0.4, 0.5) is 5.69 Å². The second-order valence-electron chi connectivity index (χ2n) is 4.95. The van der Waals surface area contributed by atoms with Crippen LogP contribution in [0.15, 0.2) is 35.7 Å². The van der Waals surface area contributed by atoms with E-state index in [0.717, 1.165) is 23.6 Å². The summed E-state index contributed by atoms with van der Waals surface area (Å²) in [5.41, 5.74) is 7.35. The lowest BCUT2D eigenvalue weighted by Gasteiger charge is -2.21. The van der Waals surface area contributed by atoms with Gasteiger partial charge in [0.05, 0.1) is 0 Å². The van der Waals surface area contributed by atoms with E-state index in [1.807, 2.05) is 24.3 Å². The molecule has 0 spiro atoms. The SMILES string of the molecule is NCCOc1ccc(NC(=O)C2SCCc3sccc32)cc1. The van der Waals surface area contributed by atoms with E-state index in [1.165, 1.54) is 10.4 Å². The fourth-order valence-corrected chi connectivity index (χ4v) is 4.68. The number of carbonyl (C=O) groups is 1. The largest absolute Gasteiger partial charge is 0.492 e. The van der Waals surface area contributed by atoms with Crippen molar-refractivity contribution in [1.82, 2.24) is 0 Å². The number of ether oxygens (including phenoxy) is 1. The van der Waals surface area contributed by atoms with Gasteiger partial charge >= 0.3 is 0 Å². The lowest BCUT2D eigenvalue weighted by atomic mass is 10.1. The first-order chi connectivity index (χ1) is 10.8. The highest BCUT2D eigenvalue weighted by Gasteiger charge is 2.27.